The molecule has 0 spiro atoms. The zero-order chi connectivity index (χ0) is 20.3. The smallest absolute Gasteiger partial charge is 0.228 e. The number of aryl methyl sites for hydroxylation is 1. The summed E-state index contributed by atoms with van der Waals surface area (Å²) in [7, 11) is 0. The molecule has 0 unspecified atom stereocenters. The van der Waals surface area contributed by atoms with E-state index in [-0.39, 0.29) is 35.0 Å². The first-order valence-electron chi connectivity index (χ1n) is 9.34. The lowest BCUT2D eigenvalue weighted by Crippen LogP contribution is -2.41. The molecule has 9 heteroatoms. The lowest BCUT2D eigenvalue weighted by atomic mass is 9.95. The SMILES string of the molecule is Cc1cc(NC(=N)c2nonc2NC(=O)C2CCN(C(C)C)CC2)ccc1F. The number of anilines is 2. The highest BCUT2D eigenvalue weighted by molar-refractivity contribution is 6.09. The Labute approximate surface area is 163 Å². The van der Waals surface area contributed by atoms with Gasteiger partial charge >= 0.3 is 0 Å². The van der Waals surface area contributed by atoms with Crippen molar-refractivity contribution in [3.63, 3.8) is 0 Å². The minimum Gasteiger partial charge on any atom is -0.339 e. The number of rotatable bonds is 5. The topological polar surface area (TPSA) is 107 Å². The van der Waals surface area contributed by atoms with Gasteiger partial charge in [0.1, 0.15) is 5.82 Å². The van der Waals surface area contributed by atoms with Crippen LogP contribution in [0.1, 0.15) is 37.9 Å². The van der Waals surface area contributed by atoms with Crippen molar-refractivity contribution in [2.75, 3.05) is 23.7 Å². The van der Waals surface area contributed by atoms with Crippen LogP contribution in [0.15, 0.2) is 22.8 Å². The fourth-order valence-electron chi connectivity index (χ4n) is 3.26. The molecule has 1 saturated heterocycles. The number of piperidine rings is 1. The zero-order valence-corrected chi connectivity index (χ0v) is 16.3. The standard InChI is InChI=1S/C19H25FN6O2/c1-11(2)26-8-6-13(7-9-26)19(27)23-18-16(24-28-25-18)17(21)22-14-4-5-15(20)12(3)10-14/h4-5,10-11,13H,6-9H2,1-3H3,(H2,21,22)(H,23,25,27). The molecule has 28 heavy (non-hydrogen) atoms. The van der Waals surface area contributed by atoms with E-state index in [9.17, 15) is 9.18 Å². The second-order valence-electron chi connectivity index (χ2n) is 7.32. The average Bonchev–Trinajstić information content (AvgIpc) is 3.13. The van der Waals surface area contributed by atoms with Crippen LogP contribution in [0.2, 0.25) is 0 Å². The summed E-state index contributed by atoms with van der Waals surface area (Å²) in [6.45, 7) is 7.68. The molecule has 0 saturated carbocycles. The maximum Gasteiger partial charge on any atom is 0.228 e. The predicted octanol–water partition coefficient (Wildman–Crippen LogP) is 3.01. The van der Waals surface area contributed by atoms with E-state index in [1.165, 1.54) is 12.1 Å². The van der Waals surface area contributed by atoms with E-state index in [0.717, 1.165) is 25.9 Å². The number of carbonyl (C=O) groups excluding carboxylic acids is 1. The summed E-state index contributed by atoms with van der Waals surface area (Å²) >= 11 is 0. The van der Waals surface area contributed by atoms with Gasteiger partial charge < -0.3 is 15.5 Å². The predicted molar refractivity (Wildman–Crippen MR) is 104 cm³/mol. The molecule has 1 aromatic heterocycles. The second kappa shape index (κ2) is 8.47. The Balaban J connectivity index is 1.62. The van der Waals surface area contributed by atoms with Crippen molar-refractivity contribution in [1.29, 1.82) is 5.41 Å². The Bertz CT molecular complexity index is 858. The molecule has 3 rings (SSSR count). The van der Waals surface area contributed by atoms with Gasteiger partial charge in [0.2, 0.25) is 11.7 Å². The molecule has 8 nitrogen and oxygen atoms in total. The highest BCUT2D eigenvalue weighted by Crippen LogP contribution is 2.22. The van der Waals surface area contributed by atoms with E-state index in [2.05, 4.69) is 39.7 Å². The molecule has 150 valence electrons. The number of hydrogen-bond acceptors (Lipinski definition) is 6. The number of benzene rings is 1. The van der Waals surface area contributed by atoms with Crippen molar-refractivity contribution in [3.05, 3.63) is 35.3 Å². The molecular weight excluding hydrogens is 363 g/mol. The van der Waals surface area contributed by atoms with Crippen LogP contribution < -0.4 is 10.6 Å². The Hall–Kier alpha value is -2.81. The van der Waals surface area contributed by atoms with Gasteiger partial charge in [-0.1, -0.05) is 0 Å². The highest BCUT2D eigenvalue weighted by Gasteiger charge is 2.28. The first kappa shape index (κ1) is 19.9. The van der Waals surface area contributed by atoms with E-state index in [1.807, 2.05) is 0 Å². The van der Waals surface area contributed by atoms with Crippen molar-refractivity contribution < 1.29 is 13.8 Å². The molecule has 0 bridgehead atoms. The summed E-state index contributed by atoms with van der Waals surface area (Å²) in [6.07, 6.45) is 1.55. The third-order valence-corrected chi connectivity index (χ3v) is 5.02. The van der Waals surface area contributed by atoms with E-state index in [4.69, 9.17) is 10.0 Å². The molecule has 1 aliphatic heterocycles. The number of nitrogens with one attached hydrogen (secondary N) is 3. The number of amidine groups is 1. The third kappa shape index (κ3) is 4.53. The minimum absolute atomic E-state index is 0.0925. The van der Waals surface area contributed by atoms with Gasteiger partial charge in [-0.25, -0.2) is 9.02 Å². The average molecular weight is 388 g/mol. The molecule has 0 atom stereocenters. The molecular formula is C19H25FN6O2. The van der Waals surface area contributed by atoms with Crippen LogP contribution in [-0.2, 0) is 4.79 Å². The Kier molecular flexibility index (Phi) is 6.03. The molecule has 1 fully saturated rings. The van der Waals surface area contributed by atoms with Gasteiger partial charge in [0.05, 0.1) is 0 Å². The maximum absolute atomic E-state index is 13.4. The van der Waals surface area contributed by atoms with Crippen LogP contribution in [0.4, 0.5) is 15.9 Å². The molecule has 2 heterocycles. The van der Waals surface area contributed by atoms with Gasteiger partial charge in [0.25, 0.3) is 0 Å². The van der Waals surface area contributed by atoms with Crippen molar-refractivity contribution >= 4 is 23.2 Å². The van der Waals surface area contributed by atoms with Crippen molar-refractivity contribution in [1.82, 2.24) is 15.2 Å². The Morgan fingerprint density at radius 1 is 1.29 bits per heavy atom. The number of carbonyl (C=O) groups is 1. The first-order chi connectivity index (χ1) is 13.3. The van der Waals surface area contributed by atoms with Crippen LogP contribution in [0.3, 0.4) is 0 Å². The summed E-state index contributed by atoms with van der Waals surface area (Å²) in [5.74, 6) is -0.575. The number of aromatic nitrogens is 2. The maximum atomic E-state index is 13.4. The lowest BCUT2D eigenvalue weighted by Gasteiger charge is -2.33. The third-order valence-electron chi connectivity index (χ3n) is 5.02. The Morgan fingerprint density at radius 3 is 2.64 bits per heavy atom. The summed E-state index contributed by atoms with van der Waals surface area (Å²) in [6, 6.07) is 4.89. The molecule has 2 aromatic rings. The monoisotopic (exact) mass is 388 g/mol. The second-order valence-corrected chi connectivity index (χ2v) is 7.32. The van der Waals surface area contributed by atoms with Gasteiger partial charge in [-0.15, -0.1) is 0 Å². The molecule has 1 aromatic carbocycles. The minimum atomic E-state index is -0.323. The van der Waals surface area contributed by atoms with Gasteiger partial charge in [-0.05, 0) is 80.8 Å². The molecule has 1 aliphatic rings. The van der Waals surface area contributed by atoms with E-state index in [0.29, 0.717) is 17.3 Å². The number of halogens is 1. The van der Waals surface area contributed by atoms with Crippen molar-refractivity contribution in [3.8, 4) is 0 Å². The number of likely N-dealkylation sites (tertiary alicyclic amines) is 1. The van der Waals surface area contributed by atoms with Gasteiger partial charge in [-0.3, -0.25) is 10.2 Å². The van der Waals surface area contributed by atoms with Crippen LogP contribution in [0.25, 0.3) is 0 Å². The first-order valence-corrected chi connectivity index (χ1v) is 9.34. The van der Waals surface area contributed by atoms with Crippen molar-refractivity contribution in [2.24, 2.45) is 5.92 Å². The molecule has 3 N–H and O–H groups in total. The normalized spacial score (nSPS) is 15.6. The van der Waals surface area contributed by atoms with Gasteiger partial charge in [-0.2, -0.15) is 0 Å². The summed E-state index contributed by atoms with van der Waals surface area (Å²) in [5.41, 5.74) is 1.08. The summed E-state index contributed by atoms with van der Waals surface area (Å²) in [5, 5.41) is 21.2. The summed E-state index contributed by atoms with van der Waals surface area (Å²) in [4.78, 5) is 14.9. The molecule has 0 radical (unpaired) electrons. The number of nitrogens with zero attached hydrogens (tertiary/aromatic N) is 3. The van der Waals surface area contributed by atoms with E-state index in [1.54, 1.807) is 13.0 Å². The van der Waals surface area contributed by atoms with Gasteiger partial charge in [0, 0.05) is 17.6 Å². The number of amides is 1. The van der Waals surface area contributed by atoms with Crippen LogP contribution in [0, 0.1) is 24.1 Å². The lowest BCUT2D eigenvalue weighted by molar-refractivity contribution is -0.121. The van der Waals surface area contributed by atoms with Crippen LogP contribution >= 0.6 is 0 Å². The molecule has 1 amide bonds. The summed E-state index contributed by atoms with van der Waals surface area (Å²) < 4.78 is 18.1. The van der Waals surface area contributed by atoms with Crippen LogP contribution in [-0.4, -0.2) is 46.1 Å². The van der Waals surface area contributed by atoms with E-state index < -0.39 is 0 Å². The zero-order valence-electron chi connectivity index (χ0n) is 16.3. The largest absolute Gasteiger partial charge is 0.339 e. The van der Waals surface area contributed by atoms with E-state index >= 15 is 0 Å². The van der Waals surface area contributed by atoms with Crippen molar-refractivity contribution in [2.45, 2.75) is 39.7 Å². The fraction of sp³-hybridized carbons (Fsp3) is 0.474. The highest BCUT2D eigenvalue weighted by atomic mass is 19.1. The number of hydrogen-bond donors (Lipinski definition) is 3. The van der Waals surface area contributed by atoms with Gasteiger partial charge in [0.15, 0.2) is 11.5 Å². The Morgan fingerprint density at radius 2 is 2.00 bits per heavy atom. The van der Waals surface area contributed by atoms with Crippen LogP contribution in [0.5, 0.6) is 0 Å². The quantitative estimate of drug-likeness (QED) is 0.537. The molecule has 0 aliphatic carbocycles. The fourth-order valence-corrected chi connectivity index (χ4v) is 3.26.